The van der Waals surface area contributed by atoms with Crippen LogP contribution in [0.4, 0.5) is 5.82 Å². The number of hydrogen-bond donors (Lipinski definition) is 2. The number of nitrogens with two attached hydrogens (primary N) is 1. The molecule has 8 heteroatoms. The van der Waals surface area contributed by atoms with E-state index >= 15 is 0 Å². The molecule has 0 saturated heterocycles. The van der Waals surface area contributed by atoms with Gasteiger partial charge in [-0.2, -0.15) is 0 Å². The highest BCUT2D eigenvalue weighted by Gasteiger charge is 2.32. The predicted octanol–water partition coefficient (Wildman–Crippen LogP) is 4.53. The Labute approximate surface area is 166 Å². The zero-order valence-corrected chi connectivity index (χ0v) is 17.3. The Bertz CT molecular complexity index is 863. The molecule has 3 N–H and O–H groups in total. The molecule has 1 atom stereocenters. The van der Waals surface area contributed by atoms with Gasteiger partial charge in [-0.05, 0) is 38.5 Å². The predicted molar refractivity (Wildman–Crippen MR) is 112 cm³/mol. The summed E-state index contributed by atoms with van der Waals surface area (Å²) >= 11 is 9.49. The number of aliphatic imine (C=N–C) groups is 1. The topological polar surface area (TPSA) is 80.4 Å². The molecule has 138 valence electrons. The second-order valence-corrected chi connectivity index (χ2v) is 9.63. The van der Waals surface area contributed by atoms with Crippen LogP contribution in [0.3, 0.4) is 0 Å². The molecule has 0 spiro atoms. The standard InChI is InChI=1S/C18H21ClN4OS2/c1-4-10-6-5-7-14(21-10)23-16(24)13-8-11(19)15(26-13)12-9-25-18(2,3)17(20)22-12/h5-8,12H,4,9H2,1-3H3,(H2,20,22)(H,21,23,24). The summed E-state index contributed by atoms with van der Waals surface area (Å²) in [5.74, 6) is 1.71. The van der Waals surface area contributed by atoms with Crippen LogP contribution < -0.4 is 11.1 Å². The van der Waals surface area contributed by atoms with Crippen LogP contribution in [-0.4, -0.2) is 27.2 Å². The second-order valence-electron chi connectivity index (χ2n) is 6.50. The Morgan fingerprint density at radius 2 is 2.23 bits per heavy atom. The number of thiophene rings is 1. The number of carbonyl (C=O) groups is 1. The van der Waals surface area contributed by atoms with Gasteiger partial charge in [0.1, 0.15) is 11.7 Å². The molecular formula is C18H21ClN4OS2. The lowest BCUT2D eigenvalue weighted by atomic mass is 10.1. The van der Waals surface area contributed by atoms with Crippen LogP contribution in [0.25, 0.3) is 0 Å². The molecule has 0 aliphatic carbocycles. The number of amides is 1. The number of nitrogens with zero attached hydrogens (tertiary/aromatic N) is 2. The number of amidine groups is 1. The van der Waals surface area contributed by atoms with Crippen molar-refractivity contribution in [2.45, 2.75) is 38.0 Å². The summed E-state index contributed by atoms with van der Waals surface area (Å²) in [6, 6.07) is 7.16. The summed E-state index contributed by atoms with van der Waals surface area (Å²) < 4.78 is -0.170. The van der Waals surface area contributed by atoms with Gasteiger partial charge < -0.3 is 11.1 Å². The molecule has 2 aromatic rings. The summed E-state index contributed by atoms with van der Waals surface area (Å²) in [6.07, 6.45) is 0.813. The monoisotopic (exact) mass is 408 g/mol. The highest BCUT2D eigenvalue weighted by atomic mass is 35.5. The van der Waals surface area contributed by atoms with Crippen LogP contribution in [0.1, 0.15) is 47.1 Å². The number of thioether (sulfide) groups is 1. The molecule has 0 radical (unpaired) electrons. The zero-order chi connectivity index (χ0) is 18.9. The fraction of sp³-hybridized carbons (Fsp3) is 0.389. The van der Waals surface area contributed by atoms with E-state index in [0.717, 1.165) is 22.7 Å². The number of carbonyl (C=O) groups excluding carboxylic acids is 1. The van der Waals surface area contributed by atoms with Crippen molar-refractivity contribution < 1.29 is 4.79 Å². The maximum absolute atomic E-state index is 12.6. The van der Waals surface area contributed by atoms with Crippen LogP contribution in [0.5, 0.6) is 0 Å². The zero-order valence-electron chi connectivity index (χ0n) is 14.9. The Morgan fingerprint density at radius 3 is 2.92 bits per heavy atom. The van der Waals surface area contributed by atoms with Gasteiger partial charge >= 0.3 is 0 Å². The number of hydrogen-bond acceptors (Lipinski definition) is 6. The molecule has 1 unspecified atom stereocenters. The first-order valence-electron chi connectivity index (χ1n) is 8.34. The molecular weight excluding hydrogens is 388 g/mol. The van der Waals surface area contributed by atoms with E-state index < -0.39 is 0 Å². The number of aryl methyl sites for hydroxylation is 1. The van der Waals surface area contributed by atoms with Gasteiger partial charge in [0.05, 0.1) is 20.7 Å². The quantitative estimate of drug-likeness (QED) is 0.778. The van der Waals surface area contributed by atoms with Gasteiger partial charge in [-0.1, -0.05) is 24.6 Å². The normalized spacial score (nSPS) is 19.1. The van der Waals surface area contributed by atoms with Crippen LogP contribution >= 0.6 is 34.7 Å². The van der Waals surface area contributed by atoms with Crippen molar-refractivity contribution in [1.82, 2.24) is 4.98 Å². The fourth-order valence-electron chi connectivity index (χ4n) is 2.50. The Kier molecular flexibility index (Phi) is 5.60. The molecule has 0 fully saturated rings. The summed E-state index contributed by atoms with van der Waals surface area (Å²) in [7, 11) is 0. The van der Waals surface area contributed by atoms with Gasteiger partial charge in [0.25, 0.3) is 5.91 Å². The van der Waals surface area contributed by atoms with Gasteiger partial charge in [-0.25, -0.2) is 4.98 Å². The Hall–Kier alpha value is -1.57. The van der Waals surface area contributed by atoms with Gasteiger partial charge in [0.15, 0.2) is 0 Å². The van der Waals surface area contributed by atoms with Crippen molar-refractivity contribution in [3.05, 3.63) is 44.7 Å². The molecule has 2 aromatic heterocycles. The van der Waals surface area contributed by atoms with E-state index in [2.05, 4.69) is 29.1 Å². The summed E-state index contributed by atoms with van der Waals surface area (Å²) in [5.41, 5.74) is 7.02. The van der Waals surface area contributed by atoms with Crippen molar-refractivity contribution in [1.29, 1.82) is 0 Å². The summed E-state index contributed by atoms with van der Waals surface area (Å²) in [4.78, 5) is 23.0. The number of aromatic nitrogens is 1. The van der Waals surface area contributed by atoms with Crippen LogP contribution in [0, 0.1) is 0 Å². The smallest absolute Gasteiger partial charge is 0.266 e. The number of nitrogens with one attached hydrogen (secondary N) is 1. The largest absolute Gasteiger partial charge is 0.386 e. The minimum atomic E-state index is -0.218. The summed E-state index contributed by atoms with van der Waals surface area (Å²) in [6.45, 7) is 6.13. The van der Waals surface area contributed by atoms with E-state index in [1.54, 1.807) is 23.9 Å². The lowest BCUT2D eigenvalue weighted by Crippen LogP contribution is -2.39. The van der Waals surface area contributed by atoms with Gasteiger partial charge in [0, 0.05) is 16.3 Å². The molecule has 26 heavy (non-hydrogen) atoms. The van der Waals surface area contributed by atoms with E-state index in [9.17, 15) is 4.79 Å². The number of rotatable bonds is 4. The van der Waals surface area contributed by atoms with Gasteiger partial charge in [-0.15, -0.1) is 23.1 Å². The molecule has 0 saturated carbocycles. The number of pyridine rings is 1. The minimum Gasteiger partial charge on any atom is -0.386 e. The SMILES string of the molecule is CCc1cccc(NC(=O)c2cc(Cl)c(C3CSC(C)(C)C(N)=N3)s2)n1. The van der Waals surface area contributed by atoms with Crippen LogP contribution in [0.2, 0.25) is 5.02 Å². The first kappa shape index (κ1) is 19.2. The molecule has 1 aliphatic heterocycles. The van der Waals surface area contributed by atoms with Crippen LogP contribution in [0.15, 0.2) is 29.3 Å². The van der Waals surface area contributed by atoms with Crippen LogP contribution in [-0.2, 0) is 6.42 Å². The van der Waals surface area contributed by atoms with Crippen molar-refractivity contribution in [3.63, 3.8) is 0 Å². The number of halogens is 1. The lowest BCUT2D eigenvalue weighted by molar-refractivity contribution is 0.103. The first-order chi connectivity index (χ1) is 12.3. The van der Waals surface area contributed by atoms with E-state index in [1.807, 2.05) is 19.1 Å². The van der Waals surface area contributed by atoms with Crippen molar-refractivity contribution in [2.24, 2.45) is 10.7 Å². The highest BCUT2D eigenvalue weighted by Crippen LogP contribution is 2.41. The van der Waals surface area contributed by atoms with Gasteiger partial charge in [0.2, 0.25) is 0 Å². The third kappa shape index (κ3) is 4.05. The van der Waals surface area contributed by atoms with Crippen molar-refractivity contribution in [3.8, 4) is 0 Å². The van der Waals surface area contributed by atoms with Crippen molar-refractivity contribution in [2.75, 3.05) is 11.1 Å². The maximum atomic E-state index is 12.6. The highest BCUT2D eigenvalue weighted by molar-refractivity contribution is 8.01. The Balaban J connectivity index is 1.79. The average molecular weight is 409 g/mol. The molecule has 3 heterocycles. The molecule has 1 amide bonds. The third-order valence-electron chi connectivity index (χ3n) is 4.16. The van der Waals surface area contributed by atoms with Crippen molar-refractivity contribution >= 4 is 52.3 Å². The van der Waals surface area contributed by atoms with E-state index in [1.165, 1.54) is 11.3 Å². The van der Waals surface area contributed by atoms with Gasteiger partial charge in [-0.3, -0.25) is 9.79 Å². The molecule has 0 aromatic carbocycles. The van der Waals surface area contributed by atoms with E-state index in [0.29, 0.717) is 21.6 Å². The molecule has 3 rings (SSSR count). The molecule has 5 nitrogen and oxygen atoms in total. The third-order valence-corrected chi connectivity index (χ3v) is 7.24. The summed E-state index contributed by atoms with van der Waals surface area (Å²) in [5, 5.41) is 3.39. The lowest BCUT2D eigenvalue weighted by Gasteiger charge is -2.30. The average Bonchev–Trinajstić information content (AvgIpc) is 2.99. The molecule has 0 bridgehead atoms. The molecule has 1 aliphatic rings. The van der Waals surface area contributed by atoms with E-state index in [-0.39, 0.29) is 16.7 Å². The Morgan fingerprint density at radius 1 is 1.46 bits per heavy atom. The van der Waals surface area contributed by atoms with E-state index in [4.69, 9.17) is 17.3 Å². The second kappa shape index (κ2) is 7.58. The minimum absolute atomic E-state index is 0.117. The fourth-order valence-corrected chi connectivity index (χ4v) is 5.03. The maximum Gasteiger partial charge on any atom is 0.266 e. The number of anilines is 1. The first-order valence-corrected chi connectivity index (χ1v) is 10.5.